The van der Waals surface area contributed by atoms with Crippen molar-refractivity contribution in [3.8, 4) is 5.75 Å². The Balaban J connectivity index is 1.68. The molecule has 0 bridgehead atoms. The molecule has 2 aromatic carbocycles. The van der Waals surface area contributed by atoms with Crippen LogP contribution in [-0.4, -0.2) is 39.5 Å². The van der Waals surface area contributed by atoms with E-state index in [4.69, 9.17) is 10.5 Å². The maximum absolute atomic E-state index is 13.3. The number of hydrogen-bond acceptors (Lipinski definition) is 6. The molecule has 8 heteroatoms. The highest BCUT2D eigenvalue weighted by molar-refractivity contribution is 6.01. The normalized spacial score (nSPS) is 13.8. The van der Waals surface area contributed by atoms with Crippen LogP contribution in [0, 0.1) is 0 Å². The number of Topliss-reactive ketones (excluding diaryl/α,β-unsaturated/α-hetero) is 1. The number of carbonyl (C=O) groups excluding carboxylic acids is 1. The van der Waals surface area contributed by atoms with E-state index in [2.05, 4.69) is 0 Å². The Labute approximate surface area is 185 Å². The van der Waals surface area contributed by atoms with Crippen LogP contribution in [0.1, 0.15) is 28.4 Å². The van der Waals surface area contributed by atoms with Gasteiger partial charge >= 0.3 is 5.69 Å². The molecule has 0 saturated heterocycles. The molecular formula is C24H26N4O4. The first-order chi connectivity index (χ1) is 15.5. The summed E-state index contributed by atoms with van der Waals surface area (Å²) in [5.41, 5.74) is 6.78. The van der Waals surface area contributed by atoms with Crippen molar-refractivity contribution in [2.45, 2.75) is 26.6 Å². The predicted molar refractivity (Wildman–Crippen MR) is 122 cm³/mol. The lowest BCUT2D eigenvalue weighted by Gasteiger charge is -2.20. The van der Waals surface area contributed by atoms with E-state index in [1.807, 2.05) is 59.5 Å². The summed E-state index contributed by atoms with van der Waals surface area (Å²) in [6.07, 6.45) is 0. The lowest BCUT2D eigenvalue weighted by Crippen LogP contribution is -2.45. The molecule has 1 aliphatic heterocycles. The summed E-state index contributed by atoms with van der Waals surface area (Å²) in [5, 5.41) is 0. The summed E-state index contributed by atoms with van der Waals surface area (Å²) in [6.45, 7) is 3.52. The Morgan fingerprint density at radius 3 is 2.50 bits per heavy atom. The van der Waals surface area contributed by atoms with E-state index in [9.17, 15) is 14.4 Å². The Morgan fingerprint density at radius 1 is 1.03 bits per heavy atom. The van der Waals surface area contributed by atoms with Crippen molar-refractivity contribution in [3.05, 3.63) is 92.1 Å². The van der Waals surface area contributed by atoms with Crippen LogP contribution < -0.4 is 21.7 Å². The number of nitrogens with two attached hydrogens (primary N) is 1. The molecule has 0 fully saturated rings. The SMILES string of the molecule is CCn1c(=O)c(C(=O)CN2CCOc3ccccc3C2)c(N)n(Cc2ccccc2)c1=O. The number of para-hydroxylation sites is 1. The number of hydrogen-bond donors (Lipinski definition) is 1. The van der Waals surface area contributed by atoms with Gasteiger partial charge in [-0.2, -0.15) is 0 Å². The summed E-state index contributed by atoms with van der Waals surface area (Å²) >= 11 is 0. The second kappa shape index (κ2) is 9.23. The number of fused-ring (bicyclic) bond motifs is 1. The Kier molecular flexibility index (Phi) is 6.23. The first-order valence-electron chi connectivity index (χ1n) is 10.6. The number of carbonyl (C=O) groups is 1. The van der Waals surface area contributed by atoms with Gasteiger partial charge in [0.15, 0.2) is 5.78 Å². The van der Waals surface area contributed by atoms with Gasteiger partial charge in [0.25, 0.3) is 5.56 Å². The van der Waals surface area contributed by atoms with Crippen LogP contribution in [-0.2, 0) is 19.6 Å². The van der Waals surface area contributed by atoms with Crippen molar-refractivity contribution in [1.82, 2.24) is 14.0 Å². The van der Waals surface area contributed by atoms with Crippen molar-refractivity contribution < 1.29 is 9.53 Å². The Morgan fingerprint density at radius 2 is 1.75 bits per heavy atom. The highest BCUT2D eigenvalue weighted by Crippen LogP contribution is 2.22. The standard InChI is InChI=1S/C24H26N4O4/c1-2-27-23(30)21(22(25)28(24(27)31)14-17-8-4-3-5-9-17)19(29)16-26-12-13-32-20-11-7-6-10-18(20)15-26/h3-11H,2,12-16,25H2,1H3. The molecule has 0 amide bonds. The molecule has 4 rings (SSSR count). The average Bonchev–Trinajstić information content (AvgIpc) is 2.99. The van der Waals surface area contributed by atoms with Crippen LogP contribution in [0.3, 0.4) is 0 Å². The maximum atomic E-state index is 13.3. The summed E-state index contributed by atoms with van der Waals surface area (Å²) in [4.78, 5) is 41.1. The quantitative estimate of drug-likeness (QED) is 0.594. The molecule has 0 spiro atoms. The molecule has 2 heterocycles. The molecule has 0 saturated carbocycles. The van der Waals surface area contributed by atoms with E-state index < -0.39 is 17.0 Å². The van der Waals surface area contributed by atoms with Crippen molar-refractivity contribution in [3.63, 3.8) is 0 Å². The maximum Gasteiger partial charge on any atom is 0.332 e. The molecule has 0 atom stereocenters. The van der Waals surface area contributed by atoms with Crippen molar-refractivity contribution >= 4 is 11.6 Å². The van der Waals surface area contributed by atoms with Crippen LogP contribution >= 0.6 is 0 Å². The highest BCUT2D eigenvalue weighted by Gasteiger charge is 2.25. The van der Waals surface area contributed by atoms with E-state index in [0.29, 0.717) is 19.7 Å². The van der Waals surface area contributed by atoms with Gasteiger partial charge in [-0.1, -0.05) is 48.5 Å². The topological polar surface area (TPSA) is 99.6 Å². The average molecular weight is 434 g/mol. The van der Waals surface area contributed by atoms with Gasteiger partial charge in [-0.3, -0.25) is 23.6 Å². The van der Waals surface area contributed by atoms with E-state index in [1.165, 1.54) is 4.57 Å². The van der Waals surface area contributed by atoms with Crippen molar-refractivity contribution in [1.29, 1.82) is 0 Å². The van der Waals surface area contributed by atoms with Gasteiger partial charge in [0.1, 0.15) is 23.7 Å². The smallest absolute Gasteiger partial charge is 0.332 e. The minimum Gasteiger partial charge on any atom is -0.492 e. The third kappa shape index (κ3) is 4.22. The fourth-order valence-corrected chi connectivity index (χ4v) is 3.97. The summed E-state index contributed by atoms with van der Waals surface area (Å²) in [7, 11) is 0. The minimum atomic E-state index is -0.643. The second-order valence-electron chi connectivity index (χ2n) is 7.75. The molecule has 0 unspecified atom stereocenters. The van der Waals surface area contributed by atoms with Crippen LogP contribution in [0.15, 0.2) is 64.2 Å². The van der Waals surface area contributed by atoms with Crippen LogP contribution in [0.5, 0.6) is 5.75 Å². The number of nitrogen functional groups attached to an aromatic ring is 1. The summed E-state index contributed by atoms with van der Waals surface area (Å²) in [5.74, 6) is 0.299. The lowest BCUT2D eigenvalue weighted by atomic mass is 10.1. The highest BCUT2D eigenvalue weighted by atomic mass is 16.5. The first kappa shape index (κ1) is 21.6. The van der Waals surface area contributed by atoms with Crippen LogP contribution in [0.2, 0.25) is 0 Å². The zero-order chi connectivity index (χ0) is 22.7. The molecule has 1 aliphatic rings. The monoisotopic (exact) mass is 434 g/mol. The van der Waals surface area contributed by atoms with E-state index in [1.54, 1.807) is 6.92 Å². The third-order valence-corrected chi connectivity index (χ3v) is 5.65. The zero-order valence-electron chi connectivity index (χ0n) is 18.0. The molecule has 0 radical (unpaired) electrons. The van der Waals surface area contributed by atoms with E-state index in [-0.39, 0.29) is 31.0 Å². The van der Waals surface area contributed by atoms with E-state index in [0.717, 1.165) is 21.4 Å². The predicted octanol–water partition coefficient (Wildman–Crippen LogP) is 1.74. The molecule has 8 nitrogen and oxygen atoms in total. The van der Waals surface area contributed by atoms with E-state index >= 15 is 0 Å². The summed E-state index contributed by atoms with van der Waals surface area (Å²) < 4.78 is 8.13. The number of nitrogens with zero attached hydrogens (tertiary/aromatic N) is 3. The van der Waals surface area contributed by atoms with Gasteiger partial charge in [0, 0.05) is 25.2 Å². The number of ketones is 1. The van der Waals surface area contributed by atoms with Gasteiger partial charge in [0.05, 0.1) is 13.1 Å². The number of benzene rings is 2. The van der Waals surface area contributed by atoms with Gasteiger partial charge < -0.3 is 10.5 Å². The largest absolute Gasteiger partial charge is 0.492 e. The number of aromatic nitrogens is 2. The Hall–Kier alpha value is -3.65. The van der Waals surface area contributed by atoms with Crippen molar-refractivity contribution in [2.24, 2.45) is 0 Å². The molecule has 0 aliphatic carbocycles. The van der Waals surface area contributed by atoms with Gasteiger partial charge in [-0.15, -0.1) is 0 Å². The molecule has 32 heavy (non-hydrogen) atoms. The van der Waals surface area contributed by atoms with Crippen molar-refractivity contribution in [2.75, 3.05) is 25.4 Å². The molecular weight excluding hydrogens is 408 g/mol. The first-order valence-corrected chi connectivity index (χ1v) is 10.6. The molecule has 3 aromatic rings. The molecule has 1 aromatic heterocycles. The molecule has 2 N–H and O–H groups in total. The van der Waals surface area contributed by atoms with Gasteiger partial charge in [0.2, 0.25) is 0 Å². The third-order valence-electron chi connectivity index (χ3n) is 5.65. The fourth-order valence-electron chi connectivity index (χ4n) is 3.97. The minimum absolute atomic E-state index is 0.00435. The Bertz CT molecular complexity index is 1250. The lowest BCUT2D eigenvalue weighted by molar-refractivity contribution is 0.0919. The molecule has 166 valence electrons. The number of ether oxygens (including phenoxy) is 1. The summed E-state index contributed by atoms with van der Waals surface area (Å²) in [6, 6.07) is 17.0. The zero-order valence-corrected chi connectivity index (χ0v) is 18.0. The van der Waals surface area contributed by atoms with Crippen LogP contribution in [0.4, 0.5) is 5.82 Å². The van der Waals surface area contributed by atoms with Crippen LogP contribution in [0.25, 0.3) is 0 Å². The van der Waals surface area contributed by atoms with Gasteiger partial charge in [-0.25, -0.2) is 4.79 Å². The fraction of sp³-hybridized carbons (Fsp3) is 0.292. The number of anilines is 1. The number of rotatable bonds is 6. The van der Waals surface area contributed by atoms with Gasteiger partial charge in [-0.05, 0) is 18.6 Å². The second-order valence-corrected chi connectivity index (χ2v) is 7.75.